The topological polar surface area (TPSA) is 63.2 Å². The standard InChI is InChI=1S/C19H17N3O3S/c1-24-13-8-6-12(7-9-13)15-10-16-14-4-2-3-5-17(14)25-19(22(16)21-15)11-26-18(23)20-19/h2-9,16H,10-11H2,1H3,(H,20,23). The summed E-state index contributed by atoms with van der Waals surface area (Å²) in [7, 11) is 1.65. The number of nitrogens with zero attached hydrogens (tertiary/aromatic N) is 2. The molecule has 0 radical (unpaired) electrons. The molecule has 1 N–H and O–H groups in total. The molecular weight excluding hydrogens is 350 g/mol. The van der Waals surface area contributed by atoms with Crippen LogP contribution in [0, 0.1) is 0 Å². The van der Waals surface area contributed by atoms with Crippen LogP contribution in [-0.4, -0.2) is 34.7 Å². The Bertz CT molecular complexity index is 915. The molecular formula is C19H17N3O3S. The lowest BCUT2D eigenvalue weighted by molar-refractivity contribution is -0.111. The first kappa shape index (κ1) is 15.6. The zero-order valence-corrected chi connectivity index (χ0v) is 15.0. The van der Waals surface area contributed by atoms with Gasteiger partial charge in [-0.2, -0.15) is 5.10 Å². The first-order chi connectivity index (χ1) is 12.7. The number of benzene rings is 2. The zero-order valence-electron chi connectivity index (χ0n) is 14.1. The monoisotopic (exact) mass is 367 g/mol. The molecule has 0 saturated carbocycles. The molecule has 2 aromatic carbocycles. The van der Waals surface area contributed by atoms with Crippen molar-refractivity contribution in [3.8, 4) is 11.5 Å². The molecule has 2 aromatic rings. The van der Waals surface area contributed by atoms with E-state index in [0.717, 1.165) is 34.8 Å². The second-order valence-corrected chi connectivity index (χ2v) is 7.41. The van der Waals surface area contributed by atoms with E-state index in [1.165, 1.54) is 11.8 Å². The summed E-state index contributed by atoms with van der Waals surface area (Å²) < 4.78 is 11.5. The summed E-state index contributed by atoms with van der Waals surface area (Å²) in [6.45, 7) is 0. The van der Waals surface area contributed by atoms with Crippen LogP contribution in [0.2, 0.25) is 0 Å². The number of thioether (sulfide) groups is 1. The lowest BCUT2D eigenvalue weighted by Crippen LogP contribution is -2.62. The number of fused-ring (bicyclic) bond motifs is 4. The third-order valence-corrected chi connectivity index (χ3v) is 5.86. The van der Waals surface area contributed by atoms with Gasteiger partial charge in [-0.15, -0.1) is 0 Å². The largest absolute Gasteiger partial charge is 0.497 e. The second kappa shape index (κ2) is 5.67. The molecule has 6 nitrogen and oxygen atoms in total. The van der Waals surface area contributed by atoms with Crippen molar-refractivity contribution in [2.24, 2.45) is 5.10 Å². The second-order valence-electron chi connectivity index (χ2n) is 6.47. The molecule has 1 saturated heterocycles. The van der Waals surface area contributed by atoms with E-state index in [-0.39, 0.29) is 11.3 Å². The molecule has 3 aliphatic heterocycles. The Hall–Kier alpha value is -2.67. The van der Waals surface area contributed by atoms with Crippen molar-refractivity contribution < 1.29 is 14.3 Å². The van der Waals surface area contributed by atoms with E-state index in [1.807, 2.05) is 47.5 Å². The highest BCUT2D eigenvalue weighted by molar-refractivity contribution is 8.14. The Morgan fingerprint density at radius 2 is 2.08 bits per heavy atom. The molecule has 0 bridgehead atoms. The molecule has 26 heavy (non-hydrogen) atoms. The number of nitrogens with one attached hydrogen (secondary N) is 1. The molecule has 0 aromatic heterocycles. The molecule has 2 atom stereocenters. The van der Waals surface area contributed by atoms with Crippen molar-refractivity contribution in [3.63, 3.8) is 0 Å². The van der Waals surface area contributed by atoms with Gasteiger partial charge in [0.05, 0.1) is 24.6 Å². The van der Waals surface area contributed by atoms with Gasteiger partial charge in [-0.1, -0.05) is 30.0 Å². The molecule has 3 aliphatic rings. The number of rotatable bonds is 2. The van der Waals surface area contributed by atoms with Gasteiger partial charge in [-0.05, 0) is 35.9 Å². The minimum absolute atomic E-state index is 0.0380. The molecule has 1 amide bonds. The Labute approximate surface area is 155 Å². The molecule has 2 unspecified atom stereocenters. The van der Waals surface area contributed by atoms with Crippen LogP contribution in [0.4, 0.5) is 4.79 Å². The number of hydrazone groups is 1. The molecule has 132 valence electrons. The highest BCUT2D eigenvalue weighted by atomic mass is 32.2. The minimum atomic E-state index is -0.922. The van der Waals surface area contributed by atoms with Gasteiger partial charge in [0.15, 0.2) is 0 Å². The number of ether oxygens (including phenoxy) is 2. The van der Waals surface area contributed by atoms with Gasteiger partial charge in [0.25, 0.3) is 11.1 Å². The summed E-state index contributed by atoms with van der Waals surface area (Å²) >= 11 is 1.23. The van der Waals surface area contributed by atoms with Crippen molar-refractivity contribution >= 4 is 22.7 Å². The summed E-state index contributed by atoms with van der Waals surface area (Å²) in [5, 5.41) is 9.67. The van der Waals surface area contributed by atoms with Crippen LogP contribution in [0.5, 0.6) is 11.5 Å². The number of amides is 1. The molecule has 3 heterocycles. The highest BCUT2D eigenvalue weighted by Gasteiger charge is 2.54. The molecule has 0 aliphatic carbocycles. The normalized spacial score (nSPS) is 26.0. The Morgan fingerprint density at radius 3 is 2.81 bits per heavy atom. The Kier molecular flexibility index (Phi) is 3.40. The van der Waals surface area contributed by atoms with Crippen LogP contribution in [0.15, 0.2) is 53.6 Å². The average molecular weight is 367 g/mol. The van der Waals surface area contributed by atoms with Crippen molar-refractivity contribution in [2.75, 3.05) is 12.9 Å². The highest BCUT2D eigenvalue weighted by Crippen LogP contribution is 2.48. The first-order valence-electron chi connectivity index (χ1n) is 8.43. The van der Waals surface area contributed by atoms with Crippen LogP contribution in [0.3, 0.4) is 0 Å². The van der Waals surface area contributed by atoms with Crippen LogP contribution in [0.25, 0.3) is 0 Å². The van der Waals surface area contributed by atoms with Crippen molar-refractivity contribution in [2.45, 2.75) is 18.3 Å². The number of carbonyl (C=O) groups excluding carboxylic acids is 1. The van der Waals surface area contributed by atoms with E-state index in [0.29, 0.717) is 5.75 Å². The van der Waals surface area contributed by atoms with Crippen molar-refractivity contribution in [3.05, 3.63) is 59.7 Å². The third-order valence-electron chi connectivity index (χ3n) is 4.96. The zero-order chi connectivity index (χ0) is 17.7. The average Bonchev–Trinajstić information content (AvgIpc) is 3.28. The quantitative estimate of drug-likeness (QED) is 0.882. The maximum atomic E-state index is 11.9. The van der Waals surface area contributed by atoms with Gasteiger partial charge >= 0.3 is 0 Å². The lowest BCUT2D eigenvalue weighted by atomic mass is 9.96. The Morgan fingerprint density at radius 1 is 1.27 bits per heavy atom. The summed E-state index contributed by atoms with van der Waals surface area (Å²) in [5.74, 6) is 1.20. The summed E-state index contributed by atoms with van der Waals surface area (Å²) in [6.07, 6.45) is 0.759. The number of methoxy groups -OCH3 is 1. The van der Waals surface area contributed by atoms with Gasteiger partial charge in [0.2, 0.25) is 0 Å². The van der Waals surface area contributed by atoms with Crippen LogP contribution in [-0.2, 0) is 0 Å². The smallest absolute Gasteiger partial charge is 0.289 e. The van der Waals surface area contributed by atoms with E-state index in [1.54, 1.807) is 7.11 Å². The maximum absolute atomic E-state index is 11.9. The van der Waals surface area contributed by atoms with Crippen molar-refractivity contribution in [1.82, 2.24) is 10.3 Å². The molecule has 1 spiro atoms. The van der Waals surface area contributed by atoms with Crippen LogP contribution in [0.1, 0.15) is 23.6 Å². The van der Waals surface area contributed by atoms with E-state index >= 15 is 0 Å². The Balaban J connectivity index is 1.57. The van der Waals surface area contributed by atoms with Crippen LogP contribution >= 0.6 is 11.8 Å². The third kappa shape index (κ3) is 2.27. The lowest BCUT2D eigenvalue weighted by Gasteiger charge is -2.44. The molecule has 5 rings (SSSR count). The summed E-state index contributed by atoms with van der Waals surface area (Å²) in [6, 6.07) is 15.9. The van der Waals surface area contributed by atoms with Gasteiger partial charge < -0.3 is 9.47 Å². The minimum Gasteiger partial charge on any atom is -0.497 e. The summed E-state index contributed by atoms with van der Waals surface area (Å²) in [5.41, 5.74) is 3.12. The molecule has 1 fully saturated rings. The van der Waals surface area contributed by atoms with Gasteiger partial charge in [-0.3, -0.25) is 10.1 Å². The van der Waals surface area contributed by atoms with E-state index in [2.05, 4.69) is 11.4 Å². The number of hydrogen-bond donors (Lipinski definition) is 1. The number of para-hydroxylation sites is 1. The number of hydrogen-bond acceptors (Lipinski definition) is 6. The fourth-order valence-corrected chi connectivity index (χ4v) is 4.52. The predicted octanol–water partition coefficient (Wildman–Crippen LogP) is 3.35. The SMILES string of the molecule is COc1ccc(C2=NN3C(C2)c2ccccc2OC32CSC(=O)N2)cc1. The summed E-state index contributed by atoms with van der Waals surface area (Å²) in [4.78, 5) is 11.9. The molecule has 7 heteroatoms. The van der Waals surface area contributed by atoms with Crippen molar-refractivity contribution in [1.29, 1.82) is 0 Å². The van der Waals surface area contributed by atoms with E-state index in [9.17, 15) is 4.79 Å². The van der Waals surface area contributed by atoms with Gasteiger partial charge in [-0.25, -0.2) is 5.01 Å². The van der Waals surface area contributed by atoms with Crippen LogP contribution < -0.4 is 14.8 Å². The van der Waals surface area contributed by atoms with Gasteiger partial charge in [0.1, 0.15) is 11.5 Å². The fraction of sp³-hybridized carbons (Fsp3) is 0.263. The van der Waals surface area contributed by atoms with E-state index < -0.39 is 5.85 Å². The maximum Gasteiger partial charge on any atom is 0.289 e. The fourth-order valence-electron chi connectivity index (χ4n) is 3.69. The van der Waals surface area contributed by atoms with E-state index in [4.69, 9.17) is 14.6 Å². The predicted molar refractivity (Wildman–Crippen MR) is 99.5 cm³/mol. The number of carbonyl (C=O) groups is 1. The van der Waals surface area contributed by atoms with Gasteiger partial charge in [0, 0.05) is 12.0 Å². The first-order valence-corrected chi connectivity index (χ1v) is 9.41.